The van der Waals surface area contributed by atoms with Gasteiger partial charge in [0, 0.05) is 24.5 Å². The van der Waals surface area contributed by atoms with Crippen molar-refractivity contribution < 1.29 is 4.79 Å². The Morgan fingerprint density at radius 2 is 2.00 bits per heavy atom. The zero-order valence-electron chi connectivity index (χ0n) is 17.4. The van der Waals surface area contributed by atoms with Gasteiger partial charge in [0.05, 0.1) is 0 Å². The first-order valence-electron chi connectivity index (χ1n) is 10.5. The summed E-state index contributed by atoms with van der Waals surface area (Å²) in [6.07, 6.45) is 8.69. The van der Waals surface area contributed by atoms with Crippen LogP contribution in [0.5, 0.6) is 0 Å². The molecular formula is C23H30N2OS3. The minimum Gasteiger partial charge on any atom is -0.292 e. The number of fused-ring (bicyclic) bond motifs is 1. The first kappa shape index (κ1) is 22.5. The Morgan fingerprint density at radius 3 is 2.79 bits per heavy atom. The van der Waals surface area contributed by atoms with Crippen LogP contribution in [-0.4, -0.2) is 37.9 Å². The number of amides is 1. The van der Waals surface area contributed by atoms with E-state index in [1.165, 1.54) is 41.5 Å². The van der Waals surface area contributed by atoms with Gasteiger partial charge in [-0.2, -0.15) is 0 Å². The van der Waals surface area contributed by atoms with Gasteiger partial charge in [-0.15, -0.1) is 5.73 Å². The quantitative estimate of drug-likeness (QED) is 0.197. The number of carbonyl (C=O) groups excluding carboxylic acids is 1. The molecule has 1 aromatic carbocycles. The van der Waals surface area contributed by atoms with Gasteiger partial charge in [-0.3, -0.25) is 9.69 Å². The largest absolute Gasteiger partial charge is 0.292 e. The van der Waals surface area contributed by atoms with Crippen LogP contribution in [0, 0.1) is 0 Å². The molecule has 0 bridgehead atoms. The van der Waals surface area contributed by atoms with E-state index in [9.17, 15) is 4.79 Å². The predicted octanol–water partition coefficient (Wildman–Crippen LogP) is 6.13. The van der Waals surface area contributed by atoms with Gasteiger partial charge in [0.2, 0.25) is 0 Å². The van der Waals surface area contributed by atoms with E-state index >= 15 is 0 Å². The van der Waals surface area contributed by atoms with Gasteiger partial charge in [0.1, 0.15) is 9.23 Å². The van der Waals surface area contributed by atoms with Gasteiger partial charge in [0.25, 0.3) is 5.91 Å². The van der Waals surface area contributed by atoms with E-state index in [0.717, 1.165) is 38.9 Å². The van der Waals surface area contributed by atoms with Crippen molar-refractivity contribution in [3.8, 4) is 0 Å². The van der Waals surface area contributed by atoms with Crippen LogP contribution in [0.3, 0.4) is 0 Å². The van der Waals surface area contributed by atoms with Crippen molar-refractivity contribution in [2.24, 2.45) is 0 Å². The monoisotopic (exact) mass is 446 g/mol. The van der Waals surface area contributed by atoms with E-state index in [-0.39, 0.29) is 16.6 Å². The van der Waals surface area contributed by atoms with Crippen LogP contribution in [0.1, 0.15) is 57.9 Å². The van der Waals surface area contributed by atoms with Gasteiger partial charge >= 0.3 is 0 Å². The van der Waals surface area contributed by atoms with Crippen LogP contribution in [0.25, 0.3) is 0 Å². The summed E-state index contributed by atoms with van der Waals surface area (Å²) in [5.74, 6) is 0.0237. The number of rotatable bonds is 9. The summed E-state index contributed by atoms with van der Waals surface area (Å²) in [5.41, 5.74) is 4.64. The Morgan fingerprint density at radius 1 is 1.21 bits per heavy atom. The Hall–Kier alpha value is -1.17. The Bertz CT molecular complexity index is 855. The highest BCUT2D eigenvalue weighted by molar-refractivity contribution is 8.26. The number of carbonyl (C=O) groups is 1. The normalized spacial score (nSPS) is 19.2. The molecule has 3 rings (SSSR count). The molecule has 0 aromatic heterocycles. The van der Waals surface area contributed by atoms with Crippen molar-refractivity contribution in [3.63, 3.8) is 0 Å². The maximum Gasteiger partial charge on any atom is 0.274 e. The summed E-state index contributed by atoms with van der Waals surface area (Å²) in [4.78, 5) is 16.4. The summed E-state index contributed by atoms with van der Waals surface area (Å²) in [6.45, 7) is 7.21. The fraction of sp³-hybridized carbons (Fsp3) is 0.478. The molecule has 156 valence electrons. The number of hydrogen-bond acceptors (Lipinski definition) is 4. The van der Waals surface area contributed by atoms with Crippen molar-refractivity contribution in [2.45, 2.75) is 63.8 Å². The van der Waals surface area contributed by atoms with Gasteiger partial charge in [-0.1, -0.05) is 80.6 Å². The fourth-order valence-corrected chi connectivity index (χ4v) is 6.87. The zero-order chi connectivity index (χ0) is 20.6. The second kappa shape index (κ2) is 11.3. The third kappa shape index (κ3) is 5.71. The summed E-state index contributed by atoms with van der Waals surface area (Å²) in [7, 11) is 0.0268. The number of hydrogen-bond donors (Lipinski definition) is 0. The average Bonchev–Trinajstić information content (AvgIpc) is 3.22. The van der Waals surface area contributed by atoms with Crippen LogP contribution >= 0.6 is 34.6 Å². The van der Waals surface area contributed by atoms with Crippen LogP contribution < -0.4 is 0 Å². The molecule has 0 N–H and O–H groups in total. The molecule has 1 aromatic rings. The second-order valence-corrected chi connectivity index (χ2v) is 10.8. The lowest BCUT2D eigenvalue weighted by atomic mass is 10.1. The topological polar surface area (TPSA) is 23.6 Å². The van der Waals surface area contributed by atoms with E-state index in [1.807, 2.05) is 6.08 Å². The summed E-state index contributed by atoms with van der Waals surface area (Å²) >= 11 is 6.80. The van der Waals surface area contributed by atoms with Crippen LogP contribution in [-0.2, 0) is 11.3 Å². The molecule has 0 radical (unpaired) electrons. The first-order chi connectivity index (χ1) is 14.2. The van der Waals surface area contributed by atoms with E-state index in [0.29, 0.717) is 9.23 Å². The average molecular weight is 447 g/mol. The van der Waals surface area contributed by atoms with Crippen LogP contribution in [0.4, 0.5) is 0 Å². The number of thioether (sulfide) groups is 1. The second-order valence-electron chi connectivity index (χ2n) is 7.20. The Balaban J connectivity index is 1.61. The van der Waals surface area contributed by atoms with Gasteiger partial charge in [-0.25, -0.2) is 4.31 Å². The number of unbranched alkanes of at least 4 members (excludes halogenated alkanes) is 4. The standard InChI is InChI=1S/C23H30N2OS3/c1-3-5-6-7-11-16-25-22(26)20(28-23(25)27)14-10-12-17-29-21-15-9-8-13-19(21)18-24(29)4-2/h8-10,13,15,17H,3-7,11-12,16,18H2,1-2H3. The molecule has 3 nitrogen and oxygen atoms in total. The molecule has 0 saturated carbocycles. The Labute approximate surface area is 187 Å². The minimum absolute atomic E-state index is 0.0237. The highest BCUT2D eigenvalue weighted by Gasteiger charge is 2.31. The Kier molecular flexibility index (Phi) is 8.76. The summed E-state index contributed by atoms with van der Waals surface area (Å²) < 4.78 is 3.17. The molecule has 0 spiro atoms. The molecule has 1 fully saturated rings. The third-order valence-electron chi connectivity index (χ3n) is 5.12. The van der Waals surface area contributed by atoms with Crippen molar-refractivity contribution in [2.75, 3.05) is 13.1 Å². The number of thiocarbonyl (C=S) groups is 1. The van der Waals surface area contributed by atoms with Gasteiger partial charge in [0.15, 0.2) is 0 Å². The molecule has 1 saturated heterocycles. The molecule has 2 aliphatic rings. The van der Waals surface area contributed by atoms with E-state index in [2.05, 4.69) is 53.5 Å². The molecule has 2 aliphatic heterocycles. The predicted molar refractivity (Wildman–Crippen MR) is 131 cm³/mol. The number of benzene rings is 1. The van der Waals surface area contributed by atoms with Crippen molar-refractivity contribution in [3.05, 3.63) is 46.5 Å². The van der Waals surface area contributed by atoms with E-state index in [4.69, 9.17) is 12.2 Å². The summed E-state index contributed by atoms with van der Waals surface area (Å²) in [5, 5.41) is 2.34. The minimum atomic E-state index is 0.0237. The SMILES string of the molecule is CCCCCCCN1C(=O)C(=C=CCC=S2c3ccccc3CN2CC)SC1=S. The molecule has 0 aliphatic carbocycles. The molecular weight excluding hydrogens is 416 g/mol. The van der Waals surface area contributed by atoms with E-state index in [1.54, 1.807) is 4.90 Å². The molecule has 1 atom stereocenters. The maximum absolute atomic E-state index is 12.6. The van der Waals surface area contributed by atoms with E-state index < -0.39 is 0 Å². The van der Waals surface area contributed by atoms with Crippen LogP contribution in [0.15, 0.2) is 45.9 Å². The maximum atomic E-state index is 12.6. The lowest BCUT2D eigenvalue weighted by Crippen LogP contribution is -2.28. The number of nitrogens with zero attached hydrogens (tertiary/aromatic N) is 2. The van der Waals surface area contributed by atoms with Crippen molar-refractivity contribution >= 4 is 50.2 Å². The highest BCUT2D eigenvalue weighted by Crippen LogP contribution is 2.41. The third-order valence-corrected chi connectivity index (χ3v) is 8.78. The van der Waals surface area contributed by atoms with Crippen molar-refractivity contribution in [1.29, 1.82) is 0 Å². The lowest BCUT2D eigenvalue weighted by molar-refractivity contribution is -0.122. The first-order valence-corrected chi connectivity index (χ1v) is 13.0. The van der Waals surface area contributed by atoms with Gasteiger partial charge in [-0.05, 0) is 47.7 Å². The zero-order valence-corrected chi connectivity index (χ0v) is 19.8. The molecule has 1 amide bonds. The molecule has 29 heavy (non-hydrogen) atoms. The molecule has 1 unspecified atom stereocenters. The van der Waals surface area contributed by atoms with Crippen molar-refractivity contribution in [1.82, 2.24) is 9.21 Å². The molecule has 6 heteroatoms. The fourth-order valence-electron chi connectivity index (χ4n) is 3.52. The smallest absolute Gasteiger partial charge is 0.274 e. The van der Waals surface area contributed by atoms with Crippen LogP contribution in [0.2, 0.25) is 0 Å². The van der Waals surface area contributed by atoms with Gasteiger partial charge < -0.3 is 0 Å². The summed E-state index contributed by atoms with van der Waals surface area (Å²) in [6, 6.07) is 8.70. The molecule has 2 heterocycles. The highest BCUT2D eigenvalue weighted by atomic mass is 32.2. The lowest BCUT2D eigenvalue weighted by Gasteiger charge is -2.15.